The van der Waals surface area contributed by atoms with Crippen LogP contribution in [0.3, 0.4) is 0 Å². The molecule has 1 heterocycles. The summed E-state index contributed by atoms with van der Waals surface area (Å²) in [5.74, 6) is 0.0925. The van der Waals surface area contributed by atoms with Crippen molar-refractivity contribution in [1.82, 2.24) is 0 Å². The molecule has 0 unspecified atom stereocenters. The van der Waals surface area contributed by atoms with E-state index >= 15 is 0 Å². The Bertz CT molecular complexity index is 612. The lowest BCUT2D eigenvalue weighted by atomic mass is 9.78. The smallest absolute Gasteiger partial charge is 0.400 e. The number of thioether (sulfide) groups is 1. The number of hydrogen-bond acceptors (Lipinski definition) is 4. The minimum atomic E-state index is -0.591. The van der Waals surface area contributed by atoms with E-state index in [1.807, 2.05) is 27.7 Å². The largest absolute Gasteiger partial charge is 0.491 e. The molecule has 0 radical (unpaired) electrons. The third-order valence-corrected chi connectivity index (χ3v) is 5.13. The summed E-state index contributed by atoms with van der Waals surface area (Å²) in [4.78, 5) is 11.3. The fraction of sp³-hybridized carbons (Fsp3) is 0.471. The molecule has 124 valence electrons. The van der Waals surface area contributed by atoms with E-state index in [0.717, 1.165) is 17.2 Å². The molecule has 3 nitrogen and oxygen atoms in total. The van der Waals surface area contributed by atoms with Crippen molar-refractivity contribution in [2.75, 3.05) is 5.75 Å². The highest BCUT2D eigenvalue weighted by molar-refractivity contribution is 8.13. The highest BCUT2D eigenvalue weighted by atomic mass is 32.2. The van der Waals surface area contributed by atoms with Crippen LogP contribution in [0, 0.1) is 5.82 Å². The molecule has 6 heteroatoms. The summed E-state index contributed by atoms with van der Waals surface area (Å²) < 4.78 is 26.0. The fourth-order valence-corrected chi connectivity index (χ4v) is 2.74. The predicted molar refractivity (Wildman–Crippen MR) is 93.6 cm³/mol. The Morgan fingerprint density at radius 3 is 2.30 bits per heavy atom. The summed E-state index contributed by atoms with van der Waals surface area (Å²) >= 11 is 1.16. The van der Waals surface area contributed by atoms with Crippen LogP contribution in [0.5, 0.6) is 0 Å². The molecule has 0 N–H and O–H groups in total. The van der Waals surface area contributed by atoms with E-state index in [4.69, 9.17) is 9.31 Å². The van der Waals surface area contributed by atoms with Gasteiger partial charge in [-0.2, -0.15) is 0 Å². The van der Waals surface area contributed by atoms with Crippen LogP contribution in [0.25, 0.3) is 6.08 Å². The molecule has 0 aromatic heterocycles. The van der Waals surface area contributed by atoms with Crippen LogP contribution in [0.15, 0.2) is 29.7 Å². The van der Waals surface area contributed by atoms with Gasteiger partial charge >= 0.3 is 7.12 Å². The zero-order chi connectivity index (χ0) is 17.3. The maximum absolute atomic E-state index is 13.9. The fourth-order valence-electron chi connectivity index (χ4n) is 2.15. The van der Waals surface area contributed by atoms with Crippen molar-refractivity contribution in [2.24, 2.45) is 0 Å². The molecule has 1 aliphatic heterocycles. The van der Waals surface area contributed by atoms with Gasteiger partial charge in [0.05, 0.1) is 11.2 Å². The van der Waals surface area contributed by atoms with Crippen molar-refractivity contribution < 1.29 is 18.5 Å². The van der Waals surface area contributed by atoms with Crippen molar-refractivity contribution in [3.05, 3.63) is 41.1 Å². The van der Waals surface area contributed by atoms with E-state index in [9.17, 15) is 9.18 Å². The van der Waals surface area contributed by atoms with Gasteiger partial charge in [-0.1, -0.05) is 36.0 Å². The Kier molecular flexibility index (Phi) is 5.39. The summed E-state index contributed by atoms with van der Waals surface area (Å²) in [6.45, 7) is 9.37. The van der Waals surface area contributed by atoms with E-state index in [1.54, 1.807) is 24.3 Å². The molecule has 1 saturated heterocycles. The molecule has 1 aromatic carbocycles. The average molecular weight is 336 g/mol. The van der Waals surface area contributed by atoms with Gasteiger partial charge in [-0.25, -0.2) is 4.39 Å². The van der Waals surface area contributed by atoms with Gasteiger partial charge in [0.25, 0.3) is 0 Å². The third-order valence-electron chi connectivity index (χ3n) is 4.24. The molecule has 1 fully saturated rings. The Hall–Kier alpha value is -1.11. The molecular formula is C17H22BFO3S. The van der Waals surface area contributed by atoms with Crippen LogP contribution in [-0.2, 0) is 14.1 Å². The maximum atomic E-state index is 13.9. The first kappa shape index (κ1) is 18.2. The molecule has 1 aromatic rings. The summed E-state index contributed by atoms with van der Waals surface area (Å²) in [7, 11) is -0.591. The van der Waals surface area contributed by atoms with E-state index in [-0.39, 0.29) is 10.9 Å². The van der Waals surface area contributed by atoms with Gasteiger partial charge in [-0.15, -0.1) is 0 Å². The standard InChI is InChI=1S/C17H22BFO3S/c1-12(20)23-11-14(10-13-8-6-7-9-15(13)19)18-21-16(2,3)17(4,5)22-18/h6-10H,11H2,1-5H3. The Morgan fingerprint density at radius 1 is 1.22 bits per heavy atom. The zero-order valence-electron chi connectivity index (χ0n) is 14.2. The molecule has 0 amide bonds. The van der Waals surface area contributed by atoms with Crippen LogP contribution < -0.4 is 0 Å². The van der Waals surface area contributed by atoms with Crippen molar-refractivity contribution in [2.45, 2.75) is 45.8 Å². The van der Waals surface area contributed by atoms with E-state index in [0.29, 0.717) is 11.3 Å². The van der Waals surface area contributed by atoms with Gasteiger partial charge in [0.15, 0.2) is 5.12 Å². The second-order valence-corrected chi connectivity index (χ2v) is 7.76. The highest BCUT2D eigenvalue weighted by Crippen LogP contribution is 2.39. The quantitative estimate of drug-likeness (QED) is 0.775. The Morgan fingerprint density at radius 2 is 1.78 bits per heavy atom. The van der Waals surface area contributed by atoms with Gasteiger partial charge < -0.3 is 9.31 Å². The lowest BCUT2D eigenvalue weighted by molar-refractivity contribution is -0.109. The summed E-state index contributed by atoms with van der Waals surface area (Å²) in [5.41, 5.74) is 0.245. The molecule has 0 spiro atoms. The minimum Gasteiger partial charge on any atom is -0.400 e. The Balaban J connectivity index is 2.32. The molecule has 23 heavy (non-hydrogen) atoms. The van der Waals surface area contributed by atoms with Gasteiger partial charge in [-0.3, -0.25) is 4.79 Å². The van der Waals surface area contributed by atoms with Crippen molar-refractivity contribution in [3.8, 4) is 0 Å². The van der Waals surface area contributed by atoms with E-state index in [2.05, 4.69) is 0 Å². The zero-order valence-corrected chi connectivity index (χ0v) is 15.0. The third kappa shape index (κ3) is 4.25. The molecule has 0 saturated carbocycles. The monoisotopic (exact) mass is 336 g/mol. The van der Waals surface area contributed by atoms with E-state index in [1.165, 1.54) is 13.0 Å². The van der Waals surface area contributed by atoms with Crippen LogP contribution in [0.2, 0.25) is 0 Å². The molecule has 0 bridgehead atoms. The highest BCUT2D eigenvalue weighted by Gasteiger charge is 2.52. The molecule has 1 aliphatic rings. The molecule has 2 rings (SSSR count). The van der Waals surface area contributed by atoms with Gasteiger partial charge in [0.1, 0.15) is 5.82 Å². The Labute approximate surface area is 141 Å². The number of carbonyl (C=O) groups is 1. The number of carbonyl (C=O) groups excluding carboxylic acids is 1. The first-order chi connectivity index (χ1) is 10.6. The lowest BCUT2D eigenvalue weighted by Crippen LogP contribution is -2.41. The molecule has 0 aliphatic carbocycles. The van der Waals surface area contributed by atoms with Crippen LogP contribution >= 0.6 is 11.8 Å². The summed E-state index contributed by atoms with van der Waals surface area (Å²) in [6, 6.07) is 6.52. The maximum Gasteiger partial charge on any atom is 0.491 e. The van der Waals surface area contributed by atoms with Crippen LogP contribution in [0.1, 0.15) is 40.2 Å². The normalized spacial score (nSPS) is 19.9. The second-order valence-electron chi connectivity index (χ2n) is 6.61. The van der Waals surface area contributed by atoms with Crippen molar-refractivity contribution in [3.63, 3.8) is 0 Å². The summed E-state index contributed by atoms with van der Waals surface area (Å²) in [5, 5.41) is 0.000881. The predicted octanol–water partition coefficient (Wildman–Crippen LogP) is 4.12. The molecular weight excluding hydrogens is 314 g/mol. The van der Waals surface area contributed by atoms with E-state index < -0.39 is 18.3 Å². The second kappa shape index (κ2) is 6.79. The molecule has 0 atom stereocenters. The van der Waals surface area contributed by atoms with Crippen molar-refractivity contribution in [1.29, 1.82) is 0 Å². The minimum absolute atomic E-state index is 0.000881. The number of halogens is 1. The number of rotatable bonds is 4. The SMILES string of the molecule is CC(=O)SCC(=Cc1ccccc1F)B1OC(C)(C)C(C)(C)O1. The average Bonchev–Trinajstić information content (AvgIpc) is 2.65. The van der Waals surface area contributed by atoms with Gasteiger partial charge in [0, 0.05) is 18.2 Å². The van der Waals surface area contributed by atoms with Crippen molar-refractivity contribution >= 4 is 30.1 Å². The topological polar surface area (TPSA) is 35.5 Å². The number of benzene rings is 1. The summed E-state index contributed by atoms with van der Waals surface area (Å²) in [6.07, 6.45) is 1.72. The first-order valence-corrected chi connectivity index (χ1v) is 8.55. The first-order valence-electron chi connectivity index (χ1n) is 7.56. The van der Waals surface area contributed by atoms with Crippen LogP contribution in [-0.4, -0.2) is 29.2 Å². The van der Waals surface area contributed by atoms with Gasteiger partial charge in [0.2, 0.25) is 0 Å². The van der Waals surface area contributed by atoms with Gasteiger partial charge in [-0.05, 0) is 39.2 Å². The number of hydrogen-bond donors (Lipinski definition) is 0. The van der Waals surface area contributed by atoms with Crippen LogP contribution in [0.4, 0.5) is 4.39 Å². The lowest BCUT2D eigenvalue weighted by Gasteiger charge is -2.32.